The monoisotopic (exact) mass is 1280 g/mol. The summed E-state index contributed by atoms with van der Waals surface area (Å²) < 4.78 is 1.37. The van der Waals surface area contributed by atoms with Crippen LogP contribution in [0.3, 0.4) is 0 Å². The summed E-state index contributed by atoms with van der Waals surface area (Å²) in [6.45, 7) is 81.3. The van der Waals surface area contributed by atoms with Gasteiger partial charge in [0.1, 0.15) is 0 Å². The van der Waals surface area contributed by atoms with Gasteiger partial charge >= 0.3 is 0 Å². The molecule has 0 bridgehead atoms. The predicted octanol–water partition coefficient (Wildman–Crippen LogP) is 32.1. The van der Waals surface area contributed by atoms with Gasteiger partial charge < -0.3 is 9.97 Å². The van der Waals surface area contributed by atoms with Crippen LogP contribution in [0.15, 0.2) is 193 Å². The van der Waals surface area contributed by atoms with Gasteiger partial charge in [-0.1, -0.05) is 339 Å². The molecule has 5 aromatic heterocycles. The van der Waals surface area contributed by atoms with Crippen molar-refractivity contribution in [3.05, 3.63) is 226 Å². The molecule has 0 aliphatic carbocycles. The Morgan fingerprint density at radius 1 is 0.256 bits per heavy atom. The Morgan fingerprint density at radius 3 is 0.800 bits per heavy atom. The lowest BCUT2D eigenvalue weighted by Gasteiger charge is -2.15. The molecule has 0 radical (unpaired) electrons. The third-order valence-electron chi connectivity index (χ3n) is 9.26. The summed E-state index contributed by atoms with van der Waals surface area (Å²) in [5.74, 6) is 0. The molecule has 90 heavy (non-hydrogen) atoms. The van der Waals surface area contributed by atoms with Crippen LogP contribution in [-0.2, 0) is 0 Å². The first-order valence-electron chi connectivity index (χ1n) is 35.5. The average molecular weight is 1280 g/mol. The smallest absolute Gasteiger partial charge is 0.0919 e. The van der Waals surface area contributed by atoms with E-state index < -0.39 is 0 Å². The zero-order valence-corrected chi connectivity index (χ0v) is 68.8. The van der Waals surface area contributed by atoms with E-state index in [4.69, 9.17) is 0 Å². The molecule has 0 spiro atoms. The molecule has 0 atom stereocenters. The SMILES string of the molecule is CC.CC.CC.CC.CC.CC.CC.CC.CC.CC.CC.CC.CC.CC.CC.CC.CC.Cc1c(C)c(C)c(C)c(C)c1C.c1c[nH]cn1.c1ccc2[nH]ccc2c1.c1ccc2ccccc2c1.c1ccc2sccc2c1.c1ccncc1.c1ccsc1. The Balaban J connectivity index is -0.0000000583. The second kappa shape index (κ2) is 121. The first-order chi connectivity index (χ1) is 44.4. The van der Waals surface area contributed by atoms with Crippen LogP contribution in [0, 0.1) is 41.5 Å². The van der Waals surface area contributed by atoms with Crippen molar-refractivity contribution in [3.8, 4) is 0 Å². The molecule has 0 amide bonds. The van der Waals surface area contributed by atoms with Crippen LogP contribution in [0.4, 0.5) is 0 Å². The number of rotatable bonds is 0. The van der Waals surface area contributed by atoms with Gasteiger partial charge in [-0.15, -0.1) is 11.3 Å². The van der Waals surface area contributed by atoms with E-state index in [1.54, 1.807) is 53.8 Å². The fourth-order valence-electron chi connectivity index (χ4n) is 5.48. The maximum Gasteiger partial charge on any atom is 0.0919 e. The third kappa shape index (κ3) is 72.7. The molecule has 10 aromatic rings. The fourth-order valence-corrected chi connectivity index (χ4v) is 6.72. The number of thiophene rings is 2. The molecule has 4 nitrogen and oxygen atoms in total. The van der Waals surface area contributed by atoms with Gasteiger partial charge in [0.05, 0.1) is 6.33 Å². The molecule has 10 rings (SSSR count). The number of benzene rings is 5. The topological polar surface area (TPSA) is 57.4 Å². The van der Waals surface area contributed by atoms with Crippen LogP contribution in [0.25, 0.3) is 31.8 Å². The fraction of sp³-hybridized carbons (Fsp3) is 0.476. The van der Waals surface area contributed by atoms with Gasteiger partial charge in [0, 0.05) is 41.2 Å². The summed E-state index contributed by atoms with van der Waals surface area (Å²) in [5.41, 5.74) is 9.93. The zero-order valence-electron chi connectivity index (χ0n) is 67.2. The summed E-state index contributed by atoms with van der Waals surface area (Å²) in [7, 11) is 0. The van der Waals surface area contributed by atoms with Gasteiger partial charge in [0.2, 0.25) is 0 Å². The summed E-state index contributed by atoms with van der Waals surface area (Å²) in [6.07, 6.45) is 10.5. The zero-order chi connectivity index (χ0) is 73.8. The average Bonchev–Trinajstić information content (AvgIpc) is 4.01. The minimum atomic E-state index is 1.21. The standard InChI is InChI=1S/C12H18.C10H8.C8H7N.C8H6S.C5H5N.C4H4S.C3H4N2.17C2H6/c1-7-8(2)10(4)12(6)11(5)9(7)3;1-2-6-10-8-4-3-7-9(10)5-1;2*1-2-4-8-7(3-1)5-6-9-8;1-2-4-6-5-3-1;1-2-4-5-3-1;1-2-5-3-4-1;17*1-2/h1-6H3;1-8H;1-6,9H;1-6H;1-5H;1-4H;1-3H,(H,4,5);17*1-2H3. The Labute approximate surface area is 574 Å². The quantitative estimate of drug-likeness (QED) is 0.159. The maximum absolute atomic E-state index is 3.78. The van der Waals surface area contributed by atoms with Crippen LogP contribution in [0.5, 0.6) is 0 Å². The Bertz CT molecular complexity index is 2120. The van der Waals surface area contributed by atoms with E-state index in [0.29, 0.717) is 0 Å². The second-order valence-corrected chi connectivity index (χ2v) is 14.5. The van der Waals surface area contributed by atoms with Crippen molar-refractivity contribution >= 4 is 54.4 Å². The van der Waals surface area contributed by atoms with E-state index >= 15 is 0 Å². The molecular weight excluding hydrogens is 1130 g/mol. The number of hydrogen-bond donors (Lipinski definition) is 2. The third-order valence-corrected chi connectivity index (χ3v) is 10.8. The van der Waals surface area contributed by atoms with E-state index in [0.717, 1.165) is 0 Å². The molecule has 5 heterocycles. The van der Waals surface area contributed by atoms with Crippen LogP contribution >= 0.6 is 22.7 Å². The molecule has 0 fully saturated rings. The second-order valence-electron chi connectivity index (χ2n) is 12.7. The highest BCUT2D eigenvalue weighted by atomic mass is 32.1. The van der Waals surface area contributed by atoms with Gasteiger partial charge in [0.15, 0.2) is 0 Å². The van der Waals surface area contributed by atoms with Crippen molar-refractivity contribution in [1.29, 1.82) is 0 Å². The van der Waals surface area contributed by atoms with Crippen molar-refractivity contribution in [2.75, 3.05) is 0 Å². The molecule has 5 aromatic carbocycles. The molecule has 0 saturated heterocycles. The number of imidazole rings is 1. The summed E-state index contributed by atoms with van der Waals surface area (Å²) in [6, 6.07) is 47.3. The molecule has 0 unspecified atom stereocenters. The molecule has 2 N–H and O–H groups in total. The van der Waals surface area contributed by atoms with E-state index in [-0.39, 0.29) is 0 Å². The van der Waals surface area contributed by atoms with Crippen LogP contribution in [0.1, 0.15) is 269 Å². The summed E-state index contributed by atoms with van der Waals surface area (Å²) in [5, 5.41) is 11.4. The lowest BCUT2D eigenvalue weighted by atomic mass is 9.90. The highest BCUT2D eigenvalue weighted by molar-refractivity contribution is 7.17. The number of hydrogen-bond acceptors (Lipinski definition) is 4. The van der Waals surface area contributed by atoms with E-state index in [1.807, 2.05) is 295 Å². The number of fused-ring (bicyclic) bond motifs is 3. The maximum atomic E-state index is 3.78. The van der Waals surface area contributed by atoms with E-state index in [1.165, 1.54) is 65.1 Å². The number of para-hydroxylation sites is 1. The minimum absolute atomic E-state index is 1.21. The molecule has 0 aliphatic rings. The Kier molecular flexibility index (Phi) is 158. The number of aromatic nitrogens is 4. The van der Waals surface area contributed by atoms with E-state index in [2.05, 4.69) is 164 Å². The lowest BCUT2D eigenvalue weighted by molar-refractivity contribution is 1.13. The van der Waals surface area contributed by atoms with Crippen molar-refractivity contribution in [1.82, 2.24) is 19.9 Å². The van der Waals surface area contributed by atoms with Crippen molar-refractivity contribution in [2.45, 2.75) is 277 Å². The minimum Gasteiger partial charge on any atom is -0.361 e. The van der Waals surface area contributed by atoms with Crippen molar-refractivity contribution in [3.63, 3.8) is 0 Å². The van der Waals surface area contributed by atoms with Crippen molar-refractivity contribution in [2.24, 2.45) is 0 Å². The van der Waals surface area contributed by atoms with Crippen LogP contribution in [0.2, 0.25) is 0 Å². The molecular formula is C84H154N4S2. The normalized spacial score (nSPS) is 7.11. The first kappa shape index (κ1) is 118. The molecule has 522 valence electrons. The van der Waals surface area contributed by atoms with Gasteiger partial charge in [-0.25, -0.2) is 4.98 Å². The first-order valence-corrected chi connectivity index (χ1v) is 37.4. The van der Waals surface area contributed by atoms with Gasteiger partial charge in [-0.05, 0) is 149 Å². The number of nitrogens with one attached hydrogen (secondary N) is 2. The lowest BCUT2D eigenvalue weighted by Crippen LogP contribution is -1.98. The van der Waals surface area contributed by atoms with Crippen LogP contribution in [-0.4, -0.2) is 19.9 Å². The Hall–Kier alpha value is -6.08. The van der Waals surface area contributed by atoms with Gasteiger partial charge in [0.25, 0.3) is 0 Å². The number of aromatic amines is 2. The van der Waals surface area contributed by atoms with Crippen LogP contribution < -0.4 is 0 Å². The van der Waals surface area contributed by atoms with Crippen molar-refractivity contribution < 1.29 is 0 Å². The Morgan fingerprint density at radius 2 is 0.567 bits per heavy atom. The summed E-state index contributed by atoms with van der Waals surface area (Å²) in [4.78, 5) is 13.3. The predicted molar refractivity (Wildman–Crippen MR) is 439 cm³/mol. The largest absolute Gasteiger partial charge is 0.361 e. The van der Waals surface area contributed by atoms with E-state index in [9.17, 15) is 0 Å². The number of H-pyrrole nitrogens is 2. The molecule has 6 heteroatoms. The molecule has 0 aliphatic heterocycles. The molecule has 0 saturated carbocycles. The summed E-state index contributed by atoms with van der Waals surface area (Å²) >= 11 is 3.50. The highest BCUT2D eigenvalue weighted by Gasteiger charge is 2.07. The number of pyridine rings is 1. The number of nitrogens with zero attached hydrogens (tertiary/aromatic N) is 2. The van der Waals surface area contributed by atoms with Gasteiger partial charge in [-0.3, -0.25) is 4.98 Å². The van der Waals surface area contributed by atoms with Gasteiger partial charge in [-0.2, -0.15) is 11.3 Å². The highest BCUT2D eigenvalue weighted by Crippen LogP contribution is 2.25.